The van der Waals surface area contributed by atoms with E-state index in [1.165, 1.54) is 32.1 Å². The van der Waals surface area contributed by atoms with Gasteiger partial charge in [-0.1, -0.05) is 181 Å². The summed E-state index contributed by atoms with van der Waals surface area (Å²) in [4.78, 5) is 37.9. The standard InChI is InChI=1S/C56H88O6/c1-4-7-10-13-16-19-22-25-27-29-31-34-37-40-43-46-49-55(58)61-52-53(51-60-54(57)48-45-42-39-36-33-24-21-18-15-12-9-6-3)62-56(59)50-47-44-41-38-35-32-30-28-26-23-20-17-14-11-8-5-2/h7-8,10-11,16-21,25-28,31-32,34-35,40,43,53H,4-6,9,12-15,22-24,29-30,33,36-39,41-42,44-52H2,1-3H3/b10-7-,11-8-,19-16-,20-17-,21-18-,27-25-,28-26-,34-31-,35-32-,43-40-. The van der Waals surface area contributed by atoms with Crippen LogP contribution in [-0.4, -0.2) is 37.2 Å². The van der Waals surface area contributed by atoms with Gasteiger partial charge in [-0.2, -0.15) is 0 Å². The lowest BCUT2D eigenvalue weighted by molar-refractivity contribution is -0.166. The van der Waals surface area contributed by atoms with Gasteiger partial charge >= 0.3 is 17.9 Å². The normalized spacial score (nSPS) is 13.1. The number of carbonyl (C=O) groups is 3. The minimum Gasteiger partial charge on any atom is -0.462 e. The molecule has 0 saturated heterocycles. The molecule has 0 radical (unpaired) electrons. The van der Waals surface area contributed by atoms with Crippen molar-refractivity contribution in [1.29, 1.82) is 0 Å². The Labute approximate surface area is 380 Å². The van der Waals surface area contributed by atoms with Gasteiger partial charge in [-0.3, -0.25) is 14.4 Å². The van der Waals surface area contributed by atoms with E-state index in [-0.39, 0.29) is 44.0 Å². The summed E-state index contributed by atoms with van der Waals surface area (Å²) in [7, 11) is 0. The first-order chi connectivity index (χ1) is 30.5. The minimum absolute atomic E-state index is 0.122. The Morgan fingerprint density at radius 2 is 0.661 bits per heavy atom. The fourth-order valence-corrected chi connectivity index (χ4v) is 6.06. The van der Waals surface area contributed by atoms with E-state index in [4.69, 9.17) is 14.2 Å². The zero-order chi connectivity index (χ0) is 45.1. The second-order valence-electron chi connectivity index (χ2n) is 15.6. The summed E-state index contributed by atoms with van der Waals surface area (Å²) in [6, 6.07) is 0. The first-order valence-corrected chi connectivity index (χ1v) is 24.5. The van der Waals surface area contributed by atoms with Crippen molar-refractivity contribution in [3.8, 4) is 0 Å². The van der Waals surface area contributed by atoms with Crippen LogP contribution in [0.4, 0.5) is 0 Å². The van der Waals surface area contributed by atoms with E-state index in [0.29, 0.717) is 19.3 Å². The first-order valence-electron chi connectivity index (χ1n) is 24.5. The van der Waals surface area contributed by atoms with E-state index in [1.807, 2.05) is 12.2 Å². The van der Waals surface area contributed by atoms with Crippen molar-refractivity contribution >= 4 is 17.9 Å². The lowest BCUT2D eigenvalue weighted by atomic mass is 10.1. The molecule has 6 heteroatoms. The molecule has 0 aromatic heterocycles. The van der Waals surface area contributed by atoms with Crippen LogP contribution in [0.5, 0.6) is 0 Å². The molecule has 0 N–H and O–H groups in total. The Morgan fingerprint density at radius 1 is 0.339 bits per heavy atom. The lowest BCUT2D eigenvalue weighted by Crippen LogP contribution is -2.30. The highest BCUT2D eigenvalue weighted by molar-refractivity contribution is 5.71. The molecule has 0 saturated carbocycles. The molecule has 348 valence electrons. The monoisotopic (exact) mass is 857 g/mol. The molecule has 0 amide bonds. The predicted octanol–water partition coefficient (Wildman–Crippen LogP) is 16.1. The van der Waals surface area contributed by atoms with Crippen LogP contribution in [0.15, 0.2) is 122 Å². The van der Waals surface area contributed by atoms with Crippen molar-refractivity contribution in [3.63, 3.8) is 0 Å². The fourth-order valence-electron chi connectivity index (χ4n) is 6.06. The van der Waals surface area contributed by atoms with Crippen LogP contribution in [-0.2, 0) is 28.6 Å². The predicted molar refractivity (Wildman–Crippen MR) is 265 cm³/mol. The second-order valence-corrected chi connectivity index (χ2v) is 15.6. The van der Waals surface area contributed by atoms with Gasteiger partial charge in [-0.25, -0.2) is 0 Å². The zero-order valence-electron chi connectivity index (χ0n) is 39.6. The molecule has 0 aliphatic rings. The Kier molecular flexibility index (Phi) is 46.1. The van der Waals surface area contributed by atoms with Crippen molar-refractivity contribution in [1.82, 2.24) is 0 Å². The smallest absolute Gasteiger partial charge is 0.306 e. The summed E-state index contributed by atoms with van der Waals surface area (Å²) in [5, 5.41) is 0. The number of hydrogen-bond acceptors (Lipinski definition) is 6. The molecular weight excluding hydrogens is 769 g/mol. The third kappa shape index (κ3) is 46.9. The van der Waals surface area contributed by atoms with E-state index < -0.39 is 6.10 Å². The van der Waals surface area contributed by atoms with E-state index in [9.17, 15) is 14.4 Å². The average molecular weight is 857 g/mol. The minimum atomic E-state index is -0.830. The van der Waals surface area contributed by atoms with Gasteiger partial charge in [0.05, 0.1) is 0 Å². The molecule has 0 aliphatic carbocycles. The van der Waals surface area contributed by atoms with Gasteiger partial charge in [0.2, 0.25) is 0 Å². The van der Waals surface area contributed by atoms with Crippen molar-refractivity contribution in [2.75, 3.05) is 13.2 Å². The van der Waals surface area contributed by atoms with Crippen LogP contribution >= 0.6 is 0 Å². The molecule has 0 rings (SSSR count). The van der Waals surface area contributed by atoms with Gasteiger partial charge < -0.3 is 14.2 Å². The van der Waals surface area contributed by atoms with Crippen molar-refractivity contribution in [2.24, 2.45) is 0 Å². The molecule has 0 fully saturated rings. The molecular formula is C56H88O6. The third-order valence-electron chi connectivity index (χ3n) is 9.69. The van der Waals surface area contributed by atoms with Gasteiger partial charge in [-0.15, -0.1) is 0 Å². The summed E-state index contributed by atoms with van der Waals surface area (Å²) in [5.41, 5.74) is 0. The zero-order valence-corrected chi connectivity index (χ0v) is 39.6. The number of rotatable bonds is 42. The summed E-state index contributed by atoms with van der Waals surface area (Å²) in [5.74, 6) is -1.06. The Balaban J connectivity index is 4.59. The van der Waals surface area contributed by atoms with Crippen LogP contribution in [0.1, 0.15) is 194 Å². The number of ether oxygens (including phenoxy) is 3. The van der Waals surface area contributed by atoms with Crippen molar-refractivity contribution in [3.05, 3.63) is 122 Å². The number of unbranched alkanes of at least 4 members (excludes halogenated alkanes) is 11. The Bertz CT molecular complexity index is 1350. The maximum Gasteiger partial charge on any atom is 0.306 e. The Morgan fingerprint density at radius 3 is 1.11 bits per heavy atom. The van der Waals surface area contributed by atoms with Crippen LogP contribution in [0, 0.1) is 0 Å². The maximum absolute atomic E-state index is 12.8. The van der Waals surface area contributed by atoms with E-state index >= 15 is 0 Å². The summed E-state index contributed by atoms with van der Waals surface area (Å²) >= 11 is 0. The van der Waals surface area contributed by atoms with Crippen LogP contribution in [0.25, 0.3) is 0 Å². The average Bonchev–Trinajstić information content (AvgIpc) is 3.27. The van der Waals surface area contributed by atoms with Crippen molar-refractivity contribution < 1.29 is 28.6 Å². The number of carbonyl (C=O) groups excluding carboxylic acids is 3. The molecule has 0 aromatic rings. The highest BCUT2D eigenvalue weighted by Gasteiger charge is 2.19. The molecule has 1 unspecified atom stereocenters. The molecule has 6 nitrogen and oxygen atoms in total. The number of hydrogen-bond donors (Lipinski definition) is 0. The van der Waals surface area contributed by atoms with Crippen LogP contribution < -0.4 is 0 Å². The van der Waals surface area contributed by atoms with Gasteiger partial charge in [0.15, 0.2) is 6.10 Å². The molecule has 0 aliphatic heterocycles. The van der Waals surface area contributed by atoms with Gasteiger partial charge in [0.1, 0.15) is 13.2 Å². The molecule has 0 heterocycles. The van der Waals surface area contributed by atoms with E-state index in [2.05, 4.69) is 130 Å². The van der Waals surface area contributed by atoms with Crippen LogP contribution in [0.3, 0.4) is 0 Å². The third-order valence-corrected chi connectivity index (χ3v) is 9.69. The topological polar surface area (TPSA) is 78.9 Å². The van der Waals surface area contributed by atoms with E-state index in [1.54, 1.807) is 0 Å². The van der Waals surface area contributed by atoms with Gasteiger partial charge in [0.25, 0.3) is 0 Å². The highest BCUT2D eigenvalue weighted by atomic mass is 16.6. The number of esters is 3. The number of allylic oxidation sites excluding steroid dienone is 20. The highest BCUT2D eigenvalue weighted by Crippen LogP contribution is 2.11. The summed E-state index contributed by atoms with van der Waals surface area (Å²) in [6.45, 7) is 6.26. The maximum atomic E-state index is 12.8. The van der Waals surface area contributed by atoms with Gasteiger partial charge in [0, 0.05) is 19.3 Å². The summed E-state index contributed by atoms with van der Waals surface area (Å²) in [6.07, 6.45) is 67.6. The van der Waals surface area contributed by atoms with E-state index in [0.717, 1.165) is 109 Å². The largest absolute Gasteiger partial charge is 0.462 e. The molecule has 0 spiro atoms. The Hall–Kier alpha value is -4.19. The fraction of sp³-hybridized carbons (Fsp3) is 0.589. The molecule has 0 aromatic carbocycles. The molecule has 62 heavy (non-hydrogen) atoms. The quantitative estimate of drug-likeness (QED) is 0.0263. The lowest BCUT2D eigenvalue weighted by Gasteiger charge is -2.18. The SMILES string of the molecule is CC/C=C\C/C=C\C/C=C\C/C=C\C/C=C\CCC(=O)OCC(COC(=O)CCCCCCC/C=C\CCCCC)OC(=O)CCCCC/C=C\C/C=C\C/C=C\C/C=C\CC. The second kappa shape index (κ2) is 49.5. The molecule has 1 atom stereocenters. The van der Waals surface area contributed by atoms with Gasteiger partial charge in [-0.05, 0) is 116 Å². The first kappa shape index (κ1) is 57.8. The summed E-state index contributed by atoms with van der Waals surface area (Å²) < 4.78 is 16.7. The molecule has 0 bridgehead atoms. The van der Waals surface area contributed by atoms with Crippen molar-refractivity contribution in [2.45, 2.75) is 200 Å². The van der Waals surface area contributed by atoms with Crippen LogP contribution in [0.2, 0.25) is 0 Å².